The van der Waals surface area contributed by atoms with Crippen LogP contribution in [0, 0.1) is 0 Å². The molecule has 7 heavy (non-hydrogen) atoms. The molecule has 42 valence electrons. The highest BCUT2D eigenvalue weighted by molar-refractivity contribution is 5.69. The van der Waals surface area contributed by atoms with E-state index in [1.807, 2.05) is 0 Å². The van der Waals surface area contributed by atoms with Gasteiger partial charge in [-0.15, -0.1) is 0 Å². The van der Waals surface area contributed by atoms with E-state index in [2.05, 4.69) is 9.93 Å². The van der Waals surface area contributed by atoms with Crippen molar-refractivity contribution in [1.82, 2.24) is 0 Å². The van der Waals surface area contributed by atoms with Crippen LogP contribution >= 0.6 is 0 Å². The SMILES string of the molecule is O=C(CO)OOO. The fourth-order valence-corrected chi connectivity index (χ4v) is 0.0679. The molecule has 0 aromatic carbocycles. The molecule has 0 saturated carbocycles. The molecule has 0 amide bonds. The topological polar surface area (TPSA) is 76.0 Å². The summed E-state index contributed by atoms with van der Waals surface area (Å²) in [5.74, 6) is -1.04. The quantitative estimate of drug-likeness (QED) is 0.348. The fourth-order valence-electron chi connectivity index (χ4n) is 0.0679. The number of hydrogen-bond donors (Lipinski definition) is 2. The summed E-state index contributed by atoms with van der Waals surface area (Å²) < 4.78 is 0. The Bertz CT molecular complexity index is 59.1. The second-order valence-electron chi connectivity index (χ2n) is 0.688. The molecule has 0 heterocycles. The zero-order valence-electron chi connectivity index (χ0n) is 3.33. The van der Waals surface area contributed by atoms with Crippen molar-refractivity contribution in [3.8, 4) is 0 Å². The molecular formula is C2H4O5. The van der Waals surface area contributed by atoms with E-state index >= 15 is 0 Å². The number of hydrogen-bond acceptors (Lipinski definition) is 5. The standard InChI is InChI=1S/C2H4O5/c3-1-2(4)6-7-5/h3,5H,1H2. The summed E-state index contributed by atoms with van der Waals surface area (Å²) in [6.45, 7) is -0.805. The predicted octanol–water partition coefficient (Wildman–Crippen LogP) is -1.07. The van der Waals surface area contributed by atoms with E-state index in [0.29, 0.717) is 0 Å². The van der Waals surface area contributed by atoms with E-state index in [0.717, 1.165) is 0 Å². The van der Waals surface area contributed by atoms with Gasteiger partial charge in [0.15, 0.2) is 0 Å². The third-order valence-corrected chi connectivity index (χ3v) is 0.259. The summed E-state index contributed by atoms with van der Waals surface area (Å²) >= 11 is 0. The van der Waals surface area contributed by atoms with Crippen LogP contribution in [0.4, 0.5) is 0 Å². The van der Waals surface area contributed by atoms with Gasteiger partial charge in [-0.25, -0.2) is 10.1 Å². The van der Waals surface area contributed by atoms with Gasteiger partial charge in [0, 0.05) is 0 Å². The van der Waals surface area contributed by atoms with Crippen molar-refractivity contribution in [1.29, 1.82) is 0 Å². The van der Waals surface area contributed by atoms with Crippen molar-refractivity contribution in [3.05, 3.63) is 0 Å². The van der Waals surface area contributed by atoms with E-state index in [1.54, 1.807) is 0 Å². The number of carbonyl (C=O) groups excluding carboxylic acids is 1. The van der Waals surface area contributed by atoms with Gasteiger partial charge in [-0.1, -0.05) is 0 Å². The van der Waals surface area contributed by atoms with E-state index < -0.39 is 12.6 Å². The van der Waals surface area contributed by atoms with Gasteiger partial charge in [-0.3, -0.25) is 4.89 Å². The first-order valence-corrected chi connectivity index (χ1v) is 1.43. The molecule has 0 radical (unpaired) electrons. The lowest BCUT2D eigenvalue weighted by atomic mass is 10.8. The summed E-state index contributed by atoms with van der Waals surface area (Å²) in [4.78, 5) is 13.0. The van der Waals surface area contributed by atoms with Crippen LogP contribution in [0.15, 0.2) is 0 Å². The van der Waals surface area contributed by atoms with Crippen LogP contribution in [0.2, 0.25) is 0 Å². The van der Waals surface area contributed by atoms with E-state index in [-0.39, 0.29) is 0 Å². The highest BCUT2D eigenvalue weighted by atomic mass is 17.5. The maximum absolute atomic E-state index is 9.65. The van der Waals surface area contributed by atoms with Crippen molar-refractivity contribution in [2.24, 2.45) is 0 Å². The smallest absolute Gasteiger partial charge is 0.370 e. The normalized spacial score (nSPS) is 8.29. The molecular weight excluding hydrogens is 104 g/mol. The van der Waals surface area contributed by atoms with Crippen LogP contribution in [0.5, 0.6) is 0 Å². The molecule has 0 saturated heterocycles. The Balaban J connectivity index is 3.00. The first kappa shape index (κ1) is 6.35. The molecule has 0 fully saturated rings. The van der Waals surface area contributed by atoms with E-state index in [4.69, 9.17) is 10.4 Å². The molecule has 0 atom stereocenters. The largest absolute Gasteiger partial charge is 0.385 e. The van der Waals surface area contributed by atoms with Gasteiger partial charge in [0.1, 0.15) is 6.61 Å². The lowest BCUT2D eigenvalue weighted by Gasteiger charge is -1.88. The molecule has 5 nitrogen and oxygen atoms in total. The van der Waals surface area contributed by atoms with Gasteiger partial charge in [0.25, 0.3) is 0 Å². The minimum Gasteiger partial charge on any atom is -0.385 e. The van der Waals surface area contributed by atoms with Gasteiger partial charge < -0.3 is 5.11 Å². The second kappa shape index (κ2) is 3.54. The molecule has 0 unspecified atom stereocenters. The molecule has 5 heteroatoms. The fraction of sp³-hybridized carbons (Fsp3) is 0.500. The van der Waals surface area contributed by atoms with E-state index in [9.17, 15) is 4.79 Å². The third kappa shape index (κ3) is 3.17. The van der Waals surface area contributed by atoms with Gasteiger partial charge in [-0.05, 0) is 5.04 Å². The summed E-state index contributed by atoms with van der Waals surface area (Å²) in [5.41, 5.74) is 0. The van der Waals surface area contributed by atoms with Crippen LogP contribution in [0.3, 0.4) is 0 Å². The van der Waals surface area contributed by atoms with Crippen molar-refractivity contribution >= 4 is 5.97 Å². The summed E-state index contributed by atoms with van der Waals surface area (Å²) in [5, 5.41) is 18.0. The summed E-state index contributed by atoms with van der Waals surface area (Å²) in [6, 6.07) is 0. The average Bonchev–Trinajstić information content (AvgIpc) is 1.68. The monoisotopic (exact) mass is 108 g/mol. The van der Waals surface area contributed by atoms with Gasteiger partial charge in [0.05, 0.1) is 0 Å². The Labute approximate surface area is 38.9 Å². The lowest BCUT2D eigenvalue weighted by Crippen LogP contribution is -2.07. The Morgan fingerprint density at radius 1 is 1.71 bits per heavy atom. The van der Waals surface area contributed by atoms with Gasteiger partial charge >= 0.3 is 5.97 Å². The van der Waals surface area contributed by atoms with Crippen molar-refractivity contribution in [3.63, 3.8) is 0 Å². The second-order valence-corrected chi connectivity index (χ2v) is 0.688. The van der Waals surface area contributed by atoms with Crippen LogP contribution in [0.25, 0.3) is 0 Å². The van der Waals surface area contributed by atoms with Crippen molar-refractivity contribution in [2.45, 2.75) is 0 Å². The highest BCUT2D eigenvalue weighted by Gasteiger charge is 1.96. The molecule has 0 aromatic rings. The maximum Gasteiger partial charge on any atom is 0.370 e. The Kier molecular flexibility index (Phi) is 3.21. The first-order chi connectivity index (χ1) is 3.31. The minimum absolute atomic E-state index is 0.805. The number of aliphatic hydroxyl groups is 1. The van der Waals surface area contributed by atoms with Crippen molar-refractivity contribution in [2.75, 3.05) is 6.61 Å². The van der Waals surface area contributed by atoms with Crippen LogP contribution in [-0.2, 0) is 14.7 Å². The lowest BCUT2D eigenvalue weighted by molar-refractivity contribution is -0.462. The molecule has 0 aromatic heterocycles. The van der Waals surface area contributed by atoms with E-state index in [1.165, 1.54) is 0 Å². The molecule has 0 rings (SSSR count). The maximum atomic E-state index is 9.65. The molecule has 0 aliphatic carbocycles. The Morgan fingerprint density at radius 2 is 2.29 bits per heavy atom. The van der Waals surface area contributed by atoms with Crippen molar-refractivity contribution < 1.29 is 25.1 Å². The number of rotatable bonds is 2. The Morgan fingerprint density at radius 3 is 2.43 bits per heavy atom. The van der Waals surface area contributed by atoms with Gasteiger partial charge in [0.2, 0.25) is 0 Å². The minimum atomic E-state index is -1.04. The molecule has 2 N–H and O–H groups in total. The van der Waals surface area contributed by atoms with Crippen LogP contribution in [-0.4, -0.2) is 22.9 Å². The molecule has 0 aliphatic rings. The number of aliphatic hydroxyl groups excluding tert-OH is 1. The average molecular weight is 108 g/mol. The predicted molar refractivity (Wildman–Crippen MR) is 16.9 cm³/mol. The first-order valence-electron chi connectivity index (χ1n) is 1.43. The Hall–Kier alpha value is -0.650. The molecule has 0 aliphatic heterocycles. The summed E-state index contributed by atoms with van der Waals surface area (Å²) in [7, 11) is 0. The van der Waals surface area contributed by atoms with Crippen LogP contribution in [0.1, 0.15) is 0 Å². The van der Waals surface area contributed by atoms with Gasteiger partial charge in [-0.2, -0.15) is 0 Å². The highest BCUT2D eigenvalue weighted by Crippen LogP contribution is 1.71. The molecule has 0 bridgehead atoms. The number of carbonyl (C=O) groups is 1. The molecule has 0 spiro atoms. The summed E-state index contributed by atoms with van der Waals surface area (Å²) in [6.07, 6.45) is 0. The third-order valence-electron chi connectivity index (χ3n) is 0.259. The van der Waals surface area contributed by atoms with Crippen LogP contribution < -0.4 is 0 Å². The zero-order valence-corrected chi connectivity index (χ0v) is 3.33. The zero-order chi connectivity index (χ0) is 5.70.